The van der Waals surface area contributed by atoms with Gasteiger partial charge in [-0.15, -0.1) is 11.3 Å². The summed E-state index contributed by atoms with van der Waals surface area (Å²) in [6.07, 6.45) is 11.1. The molecule has 5 nitrogen and oxygen atoms in total. The maximum absolute atomic E-state index is 5.74. The molecule has 122 valence electrons. The molecular weight excluding hydrogens is 308 g/mol. The second-order valence-electron chi connectivity index (χ2n) is 6.41. The Balaban J connectivity index is 1.23. The topological polar surface area (TPSA) is 51.1 Å². The predicted molar refractivity (Wildman–Crippen MR) is 89.7 cm³/mol. The van der Waals surface area contributed by atoms with Crippen LogP contribution in [0.25, 0.3) is 0 Å². The van der Waals surface area contributed by atoms with Gasteiger partial charge < -0.3 is 4.74 Å². The number of hydrogen-bond acceptors (Lipinski definition) is 6. The zero-order valence-electron chi connectivity index (χ0n) is 13.3. The van der Waals surface area contributed by atoms with Gasteiger partial charge >= 0.3 is 0 Å². The van der Waals surface area contributed by atoms with Crippen molar-refractivity contribution in [2.75, 3.05) is 19.7 Å². The third-order valence-corrected chi connectivity index (χ3v) is 5.85. The van der Waals surface area contributed by atoms with Crippen molar-refractivity contribution in [3.8, 4) is 5.88 Å². The van der Waals surface area contributed by atoms with Crippen molar-refractivity contribution >= 4 is 11.3 Å². The van der Waals surface area contributed by atoms with E-state index >= 15 is 0 Å². The molecule has 0 N–H and O–H groups in total. The molecule has 1 saturated heterocycles. The normalized spacial score (nSPS) is 19.0. The van der Waals surface area contributed by atoms with Gasteiger partial charge in [-0.05, 0) is 51.1 Å². The number of fused-ring (bicyclic) bond motifs is 1. The minimum absolute atomic E-state index is 0.620. The molecule has 0 amide bonds. The molecule has 0 aromatic carbocycles. The molecule has 3 heterocycles. The highest BCUT2D eigenvalue weighted by Crippen LogP contribution is 2.29. The smallest absolute Gasteiger partial charge is 0.232 e. The molecule has 2 aromatic heterocycles. The van der Waals surface area contributed by atoms with E-state index in [0.29, 0.717) is 11.8 Å². The Morgan fingerprint density at radius 1 is 1.22 bits per heavy atom. The van der Waals surface area contributed by atoms with Gasteiger partial charge in [0.25, 0.3) is 0 Å². The van der Waals surface area contributed by atoms with Crippen LogP contribution in [-0.2, 0) is 19.4 Å². The van der Waals surface area contributed by atoms with E-state index in [1.807, 2.05) is 11.3 Å². The van der Waals surface area contributed by atoms with Crippen LogP contribution < -0.4 is 4.74 Å². The maximum atomic E-state index is 5.74. The molecule has 2 aromatic rings. The second-order valence-corrected chi connectivity index (χ2v) is 7.57. The molecule has 0 bridgehead atoms. The summed E-state index contributed by atoms with van der Waals surface area (Å²) in [6.45, 7) is 4.05. The monoisotopic (exact) mass is 330 g/mol. The van der Waals surface area contributed by atoms with E-state index in [1.54, 1.807) is 18.6 Å². The third kappa shape index (κ3) is 3.70. The van der Waals surface area contributed by atoms with Gasteiger partial charge in [0.05, 0.1) is 25.0 Å². The standard InChI is InChI=1S/C17H22N4OS/c1-2-14-15(3-1)23-17(20-14)11-21-8-4-13(5-9-21)12-22-16-10-18-6-7-19-16/h6-7,10,13H,1-5,8-9,11-12H2. The average Bonchev–Trinajstić information content (AvgIpc) is 3.17. The van der Waals surface area contributed by atoms with Crippen molar-refractivity contribution in [1.29, 1.82) is 0 Å². The van der Waals surface area contributed by atoms with Crippen LogP contribution in [0.1, 0.15) is 34.8 Å². The van der Waals surface area contributed by atoms with Crippen LogP contribution in [0.4, 0.5) is 0 Å². The van der Waals surface area contributed by atoms with Crippen LogP contribution in [0.5, 0.6) is 5.88 Å². The van der Waals surface area contributed by atoms with Crippen molar-refractivity contribution in [1.82, 2.24) is 19.9 Å². The first-order valence-electron chi connectivity index (χ1n) is 8.45. The Morgan fingerprint density at radius 2 is 2.13 bits per heavy atom. The van der Waals surface area contributed by atoms with Crippen molar-refractivity contribution in [2.24, 2.45) is 5.92 Å². The van der Waals surface area contributed by atoms with Gasteiger partial charge in [0.1, 0.15) is 5.01 Å². The van der Waals surface area contributed by atoms with Gasteiger partial charge in [-0.1, -0.05) is 0 Å². The van der Waals surface area contributed by atoms with Crippen molar-refractivity contribution in [3.05, 3.63) is 34.2 Å². The molecular formula is C17H22N4OS. The van der Waals surface area contributed by atoms with Gasteiger partial charge in [0, 0.05) is 17.3 Å². The summed E-state index contributed by atoms with van der Waals surface area (Å²) >= 11 is 1.93. The lowest BCUT2D eigenvalue weighted by molar-refractivity contribution is 0.134. The van der Waals surface area contributed by atoms with E-state index in [9.17, 15) is 0 Å². The first-order valence-corrected chi connectivity index (χ1v) is 9.27. The molecule has 0 unspecified atom stereocenters. The van der Waals surface area contributed by atoms with E-state index in [1.165, 1.54) is 47.7 Å². The molecule has 0 spiro atoms. The fraction of sp³-hybridized carbons (Fsp3) is 0.588. The Hall–Kier alpha value is -1.53. The molecule has 23 heavy (non-hydrogen) atoms. The molecule has 1 fully saturated rings. The van der Waals surface area contributed by atoms with Crippen LogP contribution >= 0.6 is 11.3 Å². The highest BCUT2D eigenvalue weighted by Gasteiger charge is 2.22. The fourth-order valence-corrected chi connectivity index (χ4v) is 4.58. The summed E-state index contributed by atoms with van der Waals surface area (Å²) in [5, 5.41) is 1.31. The summed E-state index contributed by atoms with van der Waals surface area (Å²) < 4.78 is 5.74. The second kappa shape index (κ2) is 6.93. The van der Waals surface area contributed by atoms with Gasteiger partial charge in [0.2, 0.25) is 5.88 Å². The van der Waals surface area contributed by atoms with Crippen LogP contribution in [-0.4, -0.2) is 39.5 Å². The Kier molecular flexibility index (Phi) is 4.52. The van der Waals surface area contributed by atoms with Crippen LogP contribution in [0.2, 0.25) is 0 Å². The number of piperidine rings is 1. The number of thiazole rings is 1. The lowest BCUT2D eigenvalue weighted by Crippen LogP contribution is -2.35. The van der Waals surface area contributed by atoms with E-state index in [-0.39, 0.29) is 0 Å². The molecule has 0 atom stereocenters. The SMILES string of the molecule is c1cnc(OCC2CCN(Cc3nc4c(s3)CCC4)CC2)cn1. The first kappa shape index (κ1) is 15.0. The molecule has 6 heteroatoms. The minimum Gasteiger partial charge on any atom is -0.476 e. The van der Waals surface area contributed by atoms with Crippen LogP contribution in [0.3, 0.4) is 0 Å². The summed E-state index contributed by atoms with van der Waals surface area (Å²) in [4.78, 5) is 17.1. The molecule has 2 aliphatic rings. The highest BCUT2D eigenvalue weighted by molar-refractivity contribution is 7.11. The molecule has 1 aliphatic heterocycles. The predicted octanol–water partition coefficient (Wildman–Crippen LogP) is 2.71. The van der Waals surface area contributed by atoms with Crippen molar-refractivity contribution < 1.29 is 4.74 Å². The summed E-state index contributed by atoms with van der Waals surface area (Å²) in [5.41, 5.74) is 1.37. The van der Waals surface area contributed by atoms with E-state index in [2.05, 4.69) is 14.9 Å². The largest absolute Gasteiger partial charge is 0.476 e. The average molecular weight is 330 g/mol. The van der Waals surface area contributed by atoms with Crippen molar-refractivity contribution in [3.63, 3.8) is 0 Å². The van der Waals surface area contributed by atoms with Crippen molar-refractivity contribution in [2.45, 2.75) is 38.6 Å². The number of aryl methyl sites for hydroxylation is 2. The van der Waals surface area contributed by atoms with E-state index in [0.717, 1.165) is 26.2 Å². The van der Waals surface area contributed by atoms with E-state index in [4.69, 9.17) is 9.72 Å². The minimum atomic E-state index is 0.620. The van der Waals surface area contributed by atoms with Gasteiger partial charge in [0.15, 0.2) is 0 Å². The third-order valence-electron chi connectivity index (χ3n) is 4.71. The molecule has 0 radical (unpaired) electrons. The Labute approximate surface area is 140 Å². The van der Waals surface area contributed by atoms with Crippen LogP contribution in [0, 0.1) is 5.92 Å². The lowest BCUT2D eigenvalue weighted by atomic mass is 9.98. The zero-order chi connectivity index (χ0) is 15.5. The number of hydrogen-bond donors (Lipinski definition) is 0. The summed E-state index contributed by atoms with van der Waals surface area (Å²) in [6, 6.07) is 0. The highest BCUT2D eigenvalue weighted by atomic mass is 32.1. The Morgan fingerprint density at radius 3 is 2.91 bits per heavy atom. The van der Waals surface area contributed by atoms with Gasteiger partial charge in [-0.3, -0.25) is 9.88 Å². The number of nitrogens with zero attached hydrogens (tertiary/aromatic N) is 4. The summed E-state index contributed by atoms with van der Waals surface area (Å²) in [5.74, 6) is 1.25. The lowest BCUT2D eigenvalue weighted by Gasteiger charge is -2.31. The molecule has 1 aliphatic carbocycles. The number of ether oxygens (including phenoxy) is 1. The number of likely N-dealkylation sites (tertiary alicyclic amines) is 1. The fourth-order valence-electron chi connectivity index (χ4n) is 3.38. The summed E-state index contributed by atoms with van der Waals surface area (Å²) in [7, 11) is 0. The quantitative estimate of drug-likeness (QED) is 0.844. The molecule has 0 saturated carbocycles. The van der Waals surface area contributed by atoms with Gasteiger partial charge in [-0.2, -0.15) is 0 Å². The Bertz CT molecular complexity index is 616. The van der Waals surface area contributed by atoms with E-state index < -0.39 is 0 Å². The zero-order valence-corrected chi connectivity index (χ0v) is 14.1. The van der Waals surface area contributed by atoms with Gasteiger partial charge in [-0.25, -0.2) is 9.97 Å². The first-order chi connectivity index (χ1) is 11.4. The number of rotatable bonds is 5. The maximum Gasteiger partial charge on any atom is 0.232 e. The molecule has 4 rings (SSSR count). The number of aromatic nitrogens is 3. The van der Waals surface area contributed by atoms with Crippen LogP contribution in [0.15, 0.2) is 18.6 Å².